The third kappa shape index (κ3) is 4.21. The van der Waals surface area contributed by atoms with Gasteiger partial charge >= 0.3 is 0 Å². The highest BCUT2D eigenvalue weighted by Crippen LogP contribution is 2.52. The molecule has 1 aromatic heterocycles. The molecule has 32 heavy (non-hydrogen) atoms. The normalized spacial score (nSPS) is 30.8. The molecule has 1 amide bonds. The first-order chi connectivity index (χ1) is 15.5. The van der Waals surface area contributed by atoms with Crippen LogP contribution in [0.15, 0.2) is 53.4 Å². The number of amides is 1. The molecule has 6 heteroatoms. The number of aliphatic hydroxyl groups is 1. The standard InChI is InChI=1S/C26H32N2O4/c29-23-3-1-2-21(14-23)25-11-12-28(16-19-4-5-19)18-26(25,31)10-8-22(15-25)27-24(30)7-6-20-9-13-32-17-20/h1-3,6-7,9,13-14,17,19,22,29,31H,4-5,8,10-12,15-16,18H2,(H,27,30)/t22-,25-,26-/m0/s1. The summed E-state index contributed by atoms with van der Waals surface area (Å²) in [6, 6.07) is 9.11. The van der Waals surface area contributed by atoms with Crippen LogP contribution in [0.3, 0.4) is 0 Å². The number of β-amino-alcohol motifs (C(OH)–C–C–N with tert-alkyl or cyclic N) is 1. The summed E-state index contributed by atoms with van der Waals surface area (Å²) in [5, 5.41) is 25.3. The quantitative estimate of drug-likeness (QED) is 0.604. The number of furan rings is 1. The van der Waals surface area contributed by atoms with Gasteiger partial charge in [-0.05, 0) is 80.8 Å². The fourth-order valence-electron chi connectivity index (χ4n) is 5.80. The van der Waals surface area contributed by atoms with Gasteiger partial charge in [0.1, 0.15) is 5.75 Å². The molecule has 0 spiro atoms. The molecule has 5 rings (SSSR count). The van der Waals surface area contributed by atoms with Crippen molar-refractivity contribution < 1.29 is 19.4 Å². The van der Waals surface area contributed by atoms with Crippen molar-refractivity contribution in [2.45, 2.75) is 55.6 Å². The van der Waals surface area contributed by atoms with Crippen LogP contribution < -0.4 is 5.32 Å². The number of piperidine rings is 1. The number of nitrogens with zero attached hydrogens (tertiary/aromatic N) is 1. The molecule has 2 heterocycles. The molecular formula is C26H32N2O4. The molecule has 1 aromatic carbocycles. The molecule has 3 fully saturated rings. The van der Waals surface area contributed by atoms with E-state index < -0.39 is 11.0 Å². The Kier molecular flexibility index (Phi) is 5.59. The second-order valence-electron chi connectivity index (χ2n) is 9.93. The molecule has 1 saturated heterocycles. The summed E-state index contributed by atoms with van der Waals surface area (Å²) in [6.07, 6.45) is 11.9. The van der Waals surface area contributed by atoms with E-state index in [2.05, 4.69) is 10.2 Å². The predicted octanol–water partition coefficient (Wildman–Crippen LogP) is 3.45. The van der Waals surface area contributed by atoms with Gasteiger partial charge in [-0.15, -0.1) is 0 Å². The van der Waals surface area contributed by atoms with Crippen LogP contribution in [-0.4, -0.2) is 52.3 Å². The Morgan fingerprint density at radius 2 is 2.12 bits per heavy atom. The van der Waals surface area contributed by atoms with Crippen LogP contribution in [0.1, 0.15) is 49.7 Å². The lowest BCUT2D eigenvalue weighted by molar-refractivity contribution is -0.132. The molecular weight excluding hydrogens is 404 g/mol. The highest BCUT2D eigenvalue weighted by atomic mass is 16.3. The van der Waals surface area contributed by atoms with E-state index in [1.807, 2.05) is 12.1 Å². The Hall–Kier alpha value is -2.57. The maximum atomic E-state index is 12.6. The van der Waals surface area contributed by atoms with Crippen molar-refractivity contribution in [2.75, 3.05) is 19.6 Å². The van der Waals surface area contributed by atoms with E-state index in [0.717, 1.165) is 43.0 Å². The fraction of sp³-hybridized carbons (Fsp3) is 0.500. The van der Waals surface area contributed by atoms with E-state index in [4.69, 9.17) is 4.42 Å². The Balaban J connectivity index is 1.36. The van der Waals surface area contributed by atoms with Crippen molar-refractivity contribution in [3.63, 3.8) is 0 Å². The van der Waals surface area contributed by atoms with Gasteiger partial charge in [-0.25, -0.2) is 0 Å². The summed E-state index contributed by atoms with van der Waals surface area (Å²) < 4.78 is 5.04. The molecule has 170 valence electrons. The molecule has 2 aromatic rings. The molecule has 3 atom stereocenters. The number of likely N-dealkylation sites (tertiary alicyclic amines) is 1. The van der Waals surface area contributed by atoms with Crippen molar-refractivity contribution >= 4 is 12.0 Å². The maximum absolute atomic E-state index is 12.6. The number of aromatic hydroxyl groups is 1. The van der Waals surface area contributed by atoms with Crippen molar-refractivity contribution in [2.24, 2.45) is 5.92 Å². The van der Waals surface area contributed by atoms with Crippen LogP contribution in [0.2, 0.25) is 0 Å². The van der Waals surface area contributed by atoms with Crippen LogP contribution in [0.25, 0.3) is 6.08 Å². The lowest BCUT2D eigenvalue weighted by Gasteiger charge is -2.58. The van der Waals surface area contributed by atoms with Gasteiger partial charge in [0.25, 0.3) is 0 Å². The first-order valence-corrected chi connectivity index (χ1v) is 11.7. The summed E-state index contributed by atoms with van der Waals surface area (Å²) in [5.74, 6) is 0.859. The Morgan fingerprint density at radius 3 is 2.88 bits per heavy atom. The van der Waals surface area contributed by atoms with Crippen LogP contribution in [0.4, 0.5) is 0 Å². The molecule has 3 N–H and O–H groups in total. The molecule has 3 aliphatic rings. The zero-order valence-corrected chi connectivity index (χ0v) is 18.4. The zero-order chi connectivity index (χ0) is 22.2. The van der Waals surface area contributed by atoms with Gasteiger partial charge in [0, 0.05) is 36.2 Å². The summed E-state index contributed by atoms with van der Waals surface area (Å²) in [4.78, 5) is 15.0. The smallest absolute Gasteiger partial charge is 0.244 e. The summed E-state index contributed by atoms with van der Waals surface area (Å²) in [6.45, 7) is 2.65. The number of carbonyl (C=O) groups is 1. The van der Waals surface area contributed by atoms with E-state index in [9.17, 15) is 15.0 Å². The van der Waals surface area contributed by atoms with Gasteiger partial charge in [0.15, 0.2) is 0 Å². The van der Waals surface area contributed by atoms with Gasteiger partial charge in [-0.1, -0.05) is 12.1 Å². The number of phenols is 1. The van der Waals surface area contributed by atoms with Crippen LogP contribution in [-0.2, 0) is 10.2 Å². The lowest BCUT2D eigenvalue weighted by Crippen LogP contribution is -2.67. The van der Waals surface area contributed by atoms with E-state index in [0.29, 0.717) is 19.4 Å². The van der Waals surface area contributed by atoms with Crippen molar-refractivity contribution in [3.05, 3.63) is 60.1 Å². The highest BCUT2D eigenvalue weighted by molar-refractivity contribution is 5.91. The van der Waals surface area contributed by atoms with Gasteiger partial charge in [-0.3, -0.25) is 4.79 Å². The van der Waals surface area contributed by atoms with Crippen molar-refractivity contribution in [1.82, 2.24) is 10.2 Å². The summed E-state index contributed by atoms with van der Waals surface area (Å²) >= 11 is 0. The molecule has 2 saturated carbocycles. The summed E-state index contributed by atoms with van der Waals surface area (Å²) in [5.41, 5.74) is 0.453. The van der Waals surface area contributed by atoms with Gasteiger partial charge in [0.2, 0.25) is 5.91 Å². The van der Waals surface area contributed by atoms with Crippen molar-refractivity contribution in [1.29, 1.82) is 0 Å². The largest absolute Gasteiger partial charge is 0.508 e. The van der Waals surface area contributed by atoms with E-state index in [1.165, 1.54) is 18.9 Å². The minimum absolute atomic E-state index is 0.0332. The molecule has 0 radical (unpaired) electrons. The Bertz CT molecular complexity index is 983. The number of hydrogen-bond donors (Lipinski definition) is 3. The van der Waals surface area contributed by atoms with Gasteiger partial charge in [-0.2, -0.15) is 0 Å². The number of fused-ring (bicyclic) bond motifs is 1. The summed E-state index contributed by atoms with van der Waals surface area (Å²) in [7, 11) is 0. The second kappa shape index (κ2) is 8.41. The number of carbonyl (C=O) groups excluding carboxylic acids is 1. The van der Waals surface area contributed by atoms with Gasteiger partial charge < -0.3 is 24.8 Å². The lowest BCUT2D eigenvalue weighted by atomic mass is 9.55. The number of phenolic OH excluding ortho intramolecular Hbond substituents is 1. The number of benzene rings is 1. The molecule has 6 nitrogen and oxygen atoms in total. The SMILES string of the molecule is O=C(C=Cc1ccoc1)N[C@H]1CC[C@]2(O)CN(CC3CC3)CC[C@@]2(c2cccc(O)c2)C1. The van der Waals surface area contributed by atoms with Crippen LogP contribution in [0, 0.1) is 5.92 Å². The third-order valence-corrected chi connectivity index (χ3v) is 7.66. The second-order valence-corrected chi connectivity index (χ2v) is 9.93. The topological polar surface area (TPSA) is 85.9 Å². The Morgan fingerprint density at radius 1 is 1.25 bits per heavy atom. The third-order valence-electron chi connectivity index (χ3n) is 7.66. The van der Waals surface area contributed by atoms with Crippen LogP contribution in [0.5, 0.6) is 5.75 Å². The first-order valence-electron chi connectivity index (χ1n) is 11.7. The maximum Gasteiger partial charge on any atom is 0.244 e. The van der Waals surface area contributed by atoms with Gasteiger partial charge in [0.05, 0.1) is 18.1 Å². The van der Waals surface area contributed by atoms with E-state index in [1.54, 1.807) is 36.8 Å². The molecule has 0 bridgehead atoms. The number of hydrogen-bond acceptors (Lipinski definition) is 5. The van der Waals surface area contributed by atoms with Crippen molar-refractivity contribution in [3.8, 4) is 5.75 Å². The zero-order valence-electron chi connectivity index (χ0n) is 18.4. The fourth-order valence-corrected chi connectivity index (χ4v) is 5.80. The Labute approximate surface area is 188 Å². The number of rotatable bonds is 6. The monoisotopic (exact) mass is 436 g/mol. The number of nitrogens with one attached hydrogen (secondary N) is 1. The first kappa shape index (κ1) is 21.3. The minimum Gasteiger partial charge on any atom is -0.508 e. The molecule has 1 aliphatic heterocycles. The average Bonchev–Trinajstić information content (AvgIpc) is 3.42. The average molecular weight is 437 g/mol. The molecule has 2 aliphatic carbocycles. The van der Waals surface area contributed by atoms with Crippen LogP contribution >= 0.6 is 0 Å². The minimum atomic E-state index is -0.873. The molecule has 0 unspecified atom stereocenters. The van der Waals surface area contributed by atoms with E-state index >= 15 is 0 Å². The van der Waals surface area contributed by atoms with E-state index in [-0.39, 0.29) is 17.7 Å². The highest BCUT2D eigenvalue weighted by Gasteiger charge is 2.57. The predicted molar refractivity (Wildman–Crippen MR) is 122 cm³/mol.